The largest absolute Gasteiger partial charge is 0.493 e. The molecule has 0 N–H and O–H groups in total. The lowest BCUT2D eigenvalue weighted by Crippen LogP contribution is -2.30. The smallest absolute Gasteiger partial charge is 0.161 e. The Hall–Kier alpha value is -2.88. The number of hydrogen-bond donors (Lipinski definition) is 0. The van der Waals surface area contributed by atoms with Gasteiger partial charge in [-0.05, 0) is 42.0 Å². The van der Waals surface area contributed by atoms with Gasteiger partial charge in [-0.2, -0.15) is 0 Å². The fourth-order valence-electron chi connectivity index (χ4n) is 4.77. The third-order valence-electron chi connectivity index (χ3n) is 6.13. The fourth-order valence-corrected chi connectivity index (χ4v) is 4.77. The SMILES string of the molecule is COc1cc2c(cc1OC)C1CCCCC1N=C2c1nccc2ccccc12. The van der Waals surface area contributed by atoms with E-state index in [9.17, 15) is 0 Å². The van der Waals surface area contributed by atoms with E-state index in [1.165, 1.54) is 30.2 Å². The lowest BCUT2D eigenvalue weighted by Gasteiger charge is -2.35. The molecule has 4 nitrogen and oxygen atoms in total. The second kappa shape index (κ2) is 6.93. The van der Waals surface area contributed by atoms with Crippen LogP contribution in [0.2, 0.25) is 0 Å². The van der Waals surface area contributed by atoms with Crippen molar-refractivity contribution in [3.05, 3.63) is 65.5 Å². The van der Waals surface area contributed by atoms with E-state index in [4.69, 9.17) is 19.5 Å². The number of aromatic nitrogens is 1. The van der Waals surface area contributed by atoms with Gasteiger partial charge in [-0.25, -0.2) is 0 Å². The van der Waals surface area contributed by atoms with Crippen molar-refractivity contribution < 1.29 is 9.47 Å². The van der Waals surface area contributed by atoms with Crippen LogP contribution in [0.25, 0.3) is 10.8 Å². The molecule has 0 spiro atoms. The molecule has 1 aliphatic heterocycles. The molecule has 142 valence electrons. The first-order chi connectivity index (χ1) is 13.8. The van der Waals surface area contributed by atoms with Crippen LogP contribution in [0.4, 0.5) is 0 Å². The number of benzene rings is 2. The monoisotopic (exact) mass is 372 g/mol. The van der Waals surface area contributed by atoms with Gasteiger partial charge in [0.05, 0.1) is 31.7 Å². The van der Waals surface area contributed by atoms with Crippen molar-refractivity contribution in [1.82, 2.24) is 4.98 Å². The van der Waals surface area contributed by atoms with Crippen molar-refractivity contribution in [2.75, 3.05) is 14.2 Å². The molecule has 2 heterocycles. The molecule has 2 atom stereocenters. The van der Waals surface area contributed by atoms with Crippen LogP contribution in [0.5, 0.6) is 11.5 Å². The fraction of sp³-hybridized carbons (Fsp3) is 0.333. The predicted molar refractivity (Wildman–Crippen MR) is 112 cm³/mol. The summed E-state index contributed by atoms with van der Waals surface area (Å²) in [4.78, 5) is 10.0. The third-order valence-corrected chi connectivity index (χ3v) is 6.13. The van der Waals surface area contributed by atoms with E-state index in [1.807, 2.05) is 6.20 Å². The number of pyridine rings is 1. The van der Waals surface area contributed by atoms with Crippen LogP contribution >= 0.6 is 0 Å². The highest BCUT2D eigenvalue weighted by Crippen LogP contribution is 2.45. The molecule has 5 rings (SSSR count). The van der Waals surface area contributed by atoms with Crippen LogP contribution in [0, 0.1) is 0 Å². The Morgan fingerprint density at radius 2 is 1.71 bits per heavy atom. The van der Waals surface area contributed by atoms with Gasteiger partial charge >= 0.3 is 0 Å². The minimum atomic E-state index is 0.315. The summed E-state index contributed by atoms with van der Waals surface area (Å²) in [6.07, 6.45) is 6.68. The van der Waals surface area contributed by atoms with Gasteiger partial charge in [-0.3, -0.25) is 9.98 Å². The Morgan fingerprint density at radius 1 is 0.929 bits per heavy atom. The first kappa shape index (κ1) is 17.2. The number of hydrogen-bond acceptors (Lipinski definition) is 4. The molecule has 1 aromatic heterocycles. The van der Waals surface area contributed by atoms with Crippen molar-refractivity contribution in [2.24, 2.45) is 4.99 Å². The second-order valence-corrected chi connectivity index (χ2v) is 7.61. The summed E-state index contributed by atoms with van der Waals surface area (Å²) >= 11 is 0. The molecule has 0 saturated heterocycles. The molecule has 1 fully saturated rings. The van der Waals surface area contributed by atoms with Crippen LogP contribution in [-0.4, -0.2) is 31.0 Å². The van der Waals surface area contributed by atoms with Crippen LogP contribution in [-0.2, 0) is 0 Å². The maximum atomic E-state index is 5.61. The highest BCUT2D eigenvalue weighted by molar-refractivity contribution is 6.19. The maximum Gasteiger partial charge on any atom is 0.161 e. The van der Waals surface area contributed by atoms with Gasteiger partial charge in [0.15, 0.2) is 11.5 Å². The summed E-state index contributed by atoms with van der Waals surface area (Å²) in [5, 5.41) is 2.32. The van der Waals surface area contributed by atoms with Gasteiger partial charge < -0.3 is 9.47 Å². The standard InChI is InChI=1S/C24H24N2O2/c1-27-21-13-18-17-9-5-6-10-20(17)26-24(19(18)14-22(21)28-2)23-16-8-4-3-7-15(16)11-12-25-23/h3-4,7-8,11-14,17,20H,5-6,9-10H2,1-2H3. The Bertz CT molecular complexity index is 1070. The van der Waals surface area contributed by atoms with E-state index in [-0.39, 0.29) is 0 Å². The van der Waals surface area contributed by atoms with Gasteiger partial charge in [0.1, 0.15) is 0 Å². The predicted octanol–water partition coefficient (Wildman–Crippen LogP) is 5.13. The zero-order valence-corrected chi connectivity index (χ0v) is 16.3. The third kappa shape index (κ3) is 2.67. The topological polar surface area (TPSA) is 43.7 Å². The molecule has 4 heteroatoms. The van der Waals surface area contributed by atoms with Gasteiger partial charge in [0.2, 0.25) is 0 Å². The first-order valence-electron chi connectivity index (χ1n) is 9.98. The summed E-state index contributed by atoms with van der Waals surface area (Å²) in [7, 11) is 3.39. The Morgan fingerprint density at radius 3 is 2.57 bits per heavy atom. The average molecular weight is 372 g/mol. The highest BCUT2D eigenvalue weighted by Gasteiger charge is 2.35. The van der Waals surface area contributed by atoms with Gasteiger partial charge in [0.25, 0.3) is 0 Å². The molecule has 2 aromatic carbocycles. The average Bonchev–Trinajstić information content (AvgIpc) is 2.77. The zero-order valence-electron chi connectivity index (χ0n) is 16.3. The summed E-state index contributed by atoms with van der Waals surface area (Å²) in [5.41, 5.74) is 4.39. The van der Waals surface area contributed by atoms with E-state index < -0.39 is 0 Å². The van der Waals surface area contributed by atoms with E-state index in [0.29, 0.717) is 12.0 Å². The number of aliphatic imine (C=N–C) groups is 1. The molecule has 1 aliphatic carbocycles. The lowest BCUT2D eigenvalue weighted by molar-refractivity contribution is 0.349. The molecule has 2 unspecified atom stereocenters. The first-order valence-corrected chi connectivity index (χ1v) is 9.98. The number of rotatable bonds is 3. The number of nitrogens with zero attached hydrogens (tertiary/aromatic N) is 2. The molecule has 28 heavy (non-hydrogen) atoms. The number of ether oxygens (including phenoxy) is 2. The van der Waals surface area contributed by atoms with Gasteiger partial charge in [-0.1, -0.05) is 37.1 Å². The Balaban J connectivity index is 1.77. The molecular weight excluding hydrogens is 348 g/mol. The quantitative estimate of drug-likeness (QED) is 0.640. The maximum absolute atomic E-state index is 5.61. The molecule has 0 bridgehead atoms. The molecular formula is C24H24N2O2. The molecule has 0 radical (unpaired) electrons. The number of methoxy groups -OCH3 is 2. The normalized spacial score (nSPS) is 20.9. The minimum absolute atomic E-state index is 0.315. The lowest BCUT2D eigenvalue weighted by atomic mass is 9.75. The van der Waals surface area contributed by atoms with E-state index in [2.05, 4.69) is 42.5 Å². The zero-order chi connectivity index (χ0) is 19.1. The van der Waals surface area contributed by atoms with Gasteiger partial charge in [0, 0.05) is 23.1 Å². The van der Waals surface area contributed by atoms with Gasteiger partial charge in [-0.15, -0.1) is 0 Å². The van der Waals surface area contributed by atoms with Crippen LogP contribution < -0.4 is 9.47 Å². The summed E-state index contributed by atoms with van der Waals surface area (Å²) in [6, 6.07) is 15.0. The van der Waals surface area contributed by atoms with Crippen molar-refractivity contribution in [3.8, 4) is 11.5 Å². The van der Waals surface area contributed by atoms with Crippen LogP contribution in [0.1, 0.15) is 48.4 Å². The molecule has 2 aliphatic rings. The molecule has 1 saturated carbocycles. The van der Waals surface area contributed by atoms with Crippen molar-refractivity contribution in [2.45, 2.75) is 37.6 Å². The minimum Gasteiger partial charge on any atom is -0.493 e. The van der Waals surface area contributed by atoms with Crippen LogP contribution in [0.3, 0.4) is 0 Å². The second-order valence-electron chi connectivity index (χ2n) is 7.61. The summed E-state index contributed by atoms with van der Waals surface area (Å²) in [6.45, 7) is 0. The van der Waals surface area contributed by atoms with E-state index in [0.717, 1.165) is 40.3 Å². The van der Waals surface area contributed by atoms with Crippen molar-refractivity contribution in [1.29, 1.82) is 0 Å². The Kier molecular flexibility index (Phi) is 4.27. The molecule has 0 amide bonds. The van der Waals surface area contributed by atoms with Crippen LogP contribution in [0.15, 0.2) is 53.7 Å². The number of fused-ring (bicyclic) bond motifs is 4. The Labute approximate surface area is 165 Å². The summed E-state index contributed by atoms with van der Waals surface area (Å²) < 4.78 is 11.2. The molecule has 3 aromatic rings. The van der Waals surface area contributed by atoms with Crippen molar-refractivity contribution in [3.63, 3.8) is 0 Å². The van der Waals surface area contributed by atoms with E-state index in [1.54, 1.807) is 14.2 Å². The highest BCUT2D eigenvalue weighted by atomic mass is 16.5. The van der Waals surface area contributed by atoms with E-state index >= 15 is 0 Å². The summed E-state index contributed by atoms with van der Waals surface area (Å²) in [5.74, 6) is 1.98. The van der Waals surface area contributed by atoms with Crippen molar-refractivity contribution >= 4 is 16.5 Å².